The van der Waals surface area contributed by atoms with Gasteiger partial charge in [0.2, 0.25) is 0 Å². The van der Waals surface area contributed by atoms with Crippen LogP contribution >= 0.6 is 0 Å². The Morgan fingerprint density at radius 1 is 1.12 bits per heavy atom. The molecule has 0 spiro atoms. The van der Waals surface area contributed by atoms with Gasteiger partial charge in [0.1, 0.15) is 0 Å². The SMILES string of the molecule is CCC1(CC)CCc2cc(C(C)(C)C)ccc21. The molecule has 0 fully saturated rings. The van der Waals surface area contributed by atoms with Crippen LogP contribution in [0.2, 0.25) is 0 Å². The lowest BCUT2D eigenvalue weighted by Gasteiger charge is -2.28. The standard InChI is InChI=1S/C17H26/c1-6-17(7-2)11-10-13-12-14(16(3,4)5)8-9-15(13)17/h8-9,12H,6-7,10-11H2,1-5H3. The van der Waals surface area contributed by atoms with Crippen molar-refractivity contribution in [3.63, 3.8) is 0 Å². The second kappa shape index (κ2) is 4.15. The molecule has 17 heavy (non-hydrogen) atoms. The normalized spacial score (nSPS) is 18.2. The molecule has 94 valence electrons. The van der Waals surface area contributed by atoms with Crippen LogP contribution in [-0.2, 0) is 17.3 Å². The largest absolute Gasteiger partial charge is 0.0645 e. The summed E-state index contributed by atoms with van der Waals surface area (Å²) >= 11 is 0. The van der Waals surface area contributed by atoms with E-state index >= 15 is 0 Å². The lowest BCUT2D eigenvalue weighted by atomic mass is 9.76. The summed E-state index contributed by atoms with van der Waals surface area (Å²) in [6.45, 7) is 11.6. The van der Waals surface area contributed by atoms with Crippen LogP contribution < -0.4 is 0 Å². The Morgan fingerprint density at radius 3 is 2.29 bits per heavy atom. The predicted octanol–water partition coefficient (Wildman–Crippen LogP) is 4.99. The van der Waals surface area contributed by atoms with E-state index in [1.165, 1.54) is 31.2 Å². The average Bonchev–Trinajstić information content (AvgIpc) is 2.66. The highest BCUT2D eigenvalue weighted by Gasteiger charge is 2.35. The summed E-state index contributed by atoms with van der Waals surface area (Å²) in [5, 5.41) is 0. The van der Waals surface area contributed by atoms with Crippen molar-refractivity contribution in [2.45, 2.75) is 71.1 Å². The van der Waals surface area contributed by atoms with Crippen molar-refractivity contribution in [1.82, 2.24) is 0 Å². The summed E-state index contributed by atoms with van der Waals surface area (Å²) in [6.07, 6.45) is 5.20. The van der Waals surface area contributed by atoms with Gasteiger partial charge in [-0.2, -0.15) is 0 Å². The molecule has 0 atom stereocenters. The minimum absolute atomic E-state index is 0.276. The van der Waals surface area contributed by atoms with E-state index in [9.17, 15) is 0 Å². The fourth-order valence-electron chi connectivity index (χ4n) is 3.28. The number of benzene rings is 1. The maximum Gasteiger partial charge on any atom is -0.00463 e. The first-order valence-electron chi connectivity index (χ1n) is 7.07. The Bertz CT molecular complexity index is 403. The van der Waals surface area contributed by atoms with E-state index in [2.05, 4.69) is 52.8 Å². The molecule has 0 aliphatic heterocycles. The van der Waals surface area contributed by atoms with Crippen molar-refractivity contribution in [2.75, 3.05) is 0 Å². The van der Waals surface area contributed by atoms with Gasteiger partial charge in [-0.15, -0.1) is 0 Å². The second-order valence-electron chi connectivity index (χ2n) is 6.61. The third-order valence-electron chi connectivity index (χ3n) is 4.77. The van der Waals surface area contributed by atoms with Gasteiger partial charge in [-0.1, -0.05) is 52.8 Å². The van der Waals surface area contributed by atoms with E-state index < -0.39 is 0 Å². The van der Waals surface area contributed by atoms with Crippen LogP contribution in [0.1, 0.15) is 70.6 Å². The molecule has 0 aromatic heterocycles. The first-order chi connectivity index (χ1) is 7.93. The highest BCUT2D eigenvalue weighted by Crippen LogP contribution is 2.44. The first-order valence-corrected chi connectivity index (χ1v) is 7.07. The van der Waals surface area contributed by atoms with Gasteiger partial charge in [0, 0.05) is 0 Å². The summed E-state index contributed by atoms with van der Waals surface area (Å²) < 4.78 is 0. The minimum Gasteiger partial charge on any atom is -0.0645 e. The zero-order valence-corrected chi connectivity index (χ0v) is 12.1. The Balaban J connectivity index is 2.45. The molecule has 0 bridgehead atoms. The van der Waals surface area contributed by atoms with Crippen LogP contribution in [0.25, 0.3) is 0 Å². The monoisotopic (exact) mass is 230 g/mol. The summed E-state index contributed by atoms with van der Waals surface area (Å²) in [5.41, 5.74) is 5.49. The second-order valence-corrected chi connectivity index (χ2v) is 6.61. The van der Waals surface area contributed by atoms with Gasteiger partial charge in [-0.25, -0.2) is 0 Å². The predicted molar refractivity (Wildman–Crippen MR) is 75.7 cm³/mol. The van der Waals surface area contributed by atoms with E-state index in [1.54, 1.807) is 11.1 Å². The molecule has 2 rings (SSSR count). The fourth-order valence-corrected chi connectivity index (χ4v) is 3.28. The van der Waals surface area contributed by atoms with Crippen LogP contribution in [0.4, 0.5) is 0 Å². The quantitative estimate of drug-likeness (QED) is 0.671. The van der Waals surface area contributed by atoms with E-state index in [0.29, 0.717) is 5.41 Å². The zero-order chi connectivity index (χ0) is 12.7. The molecule has 0 heterocycles. The van der Waals surface area contributed by atoms with Gasteiger partial charge >= 0.3 is 0 Å². The molecule has 0 saturated heterocycles. The van der Waals surface area contributed by atoms with E-state index in [4.69, 9.17) is 0 Å². The number of aryl methyl sites for hydroxylation is 1. The summed E-state index contributed by atoms with van der Waals surface area (Å²) in [7, 11) is 0. The highest BCUT2D eigenvalue weighted by atomic mass is 14.4. The fraction of sp³-hybridized carbons (Fsp3) is 0.647. The molecule has 0 amide bonds. The summed E-state index contributed by atoms with van der Waals surface area (Å²) in [4.78, 5) is 0. The summed E-state index contributed by atoms with van der Waals surface area (Å²) in [5.74, 6) is 0. The molecule has 1 aromatic rings. The Hall–Kier alpha value is -0.780. The molecule has 0 heteroatoms. The van der Waals surface area contributed by atoms with Crippen LogP contribution in [0.3, 0.4) is 0 Å². The van der Waals surface area contributed by atoms with Crippen molar-refractivity contribution in [3.05, 3.63) is 34.9 Å². The first kappa shape index (κ1) is 12.7. The van der Waals surface area contributed by atoms with Gasteiger partial charge in [-0.05, 0) is 53.2 Å². The van der Waals surface area contributed by atoms with E-state index in [0.717, 1.165) is 0 Å². The maximum atomic E-state index is 2.46. The number of rotatable bonds is 2. The number of hydrogen-bond acceptors (Lipinski definition) is 0. The Labute approximate surface area is 106 Å². The van der Waals surface area contributed by atoms with Gasteiger partial charge < -0.3 is 0 Å². The van der Waals surface area contributed by atoms with Crippen LogP contribution in [0.5, 0.6) is 0 Å². The molecule has 0 unspecified atom stereocenters. The van der Waals surface area contributed by atoms with Gasteiger partial charge in [0.25, 0.3) is 0 Å². The molecule has 1 aromatic carbocycles. The molecule has 0 radical (unpaired) electrons. The minimum atomic E-state index is 0.276. The molecular formula is C17H26. The van der Waals surface area contributed by atoms with Crippen molar-refractivity contribution in [1.29, 1.82) is 0 Å². The zero-order valence-electron chi connectivity index (χ0n) is 12.1. The Morgan fingerprint density at radius 2 is 1.76 bits per heavy atom. The van der Waals surface area contributed by atoms with Crippen molar-refractivity contribution in [2.24, 2.45) is 0 Å². The number of hydrogen-bond donors (Lipinski definition) is 0. The lowest BCUT2D eigenvalue weighted by molar-refractivity contribution is 0.394. The van der Waals surface area contributed by atoms with Crippen LogP contribution in [0, 0.1) is 0 Å². The van der Waals surface area contributed by atoms with Crippen molar-refractivity contribution >= 4 is 0 Å². The van der Waals surface area contributed by atoms with Crippen molar-refractivity contribution < 1.29 is 0 Å². The van der Waals surface area contributed by atoms with Gasteiger partial charge in [0.15, 0.2) is 0 Å². The van der Waals surface area contributed by atoms with Crippen LogP contribution in [-0.4, -0.2) is 0 Å². The topological polar surface area (TPSA) is 0 Å². The molecule has 0 nitrogen and oxygen atoms in total. The van der Waals surface area contributed by atoms with E-state index in [1.807, 2.05) is 0 Å². The molecule has 0 saturated carbocycles. The third kappa shape index (κ3) is 2.03. The smallest absolute Gasteiger partial charge is 0.00463 e. The lowest BCUT2D eigenvalue weighted by Crippen LogP contribution is -2.20. The molecule has 0 N–H and O–H groups in total. The van der Waals surface area contributed by atoms with E-state index in [-0.39, 0.29) is 5.41 Å². The third-order valence-corrected chi connectivity index (χ3v) is 4.77. The van der Waals surface area contributed by atoms with Crippen LogP contribution in [0.15, 0.2) is 18.2 Å². The number of fused-ring (bicyclic) bond motifs is 1. The van der Waals surface area contributed by atoms with Gasteiger partial charge in [-0.3, -0.25) is 0 Å². The Kier molecular flexibility index (Phi) is 3.10. The highest BCUT2D eigenvalue weighted by molar-refractivity contribution is 5.43. The summed E-state index contributed by atoms with van der Waals surface area (Å²) in [6, 6.07) is 7.22. The maximum absolute atomic E-state index is 2.46. The van der Waals surface area contributed by atoms with Gasteiger partial charge in [0.05, 0.1) is 0 Å². The molecular weight excluding hydrogens is 204 g/mol. The molecule has 1 aliphatic rings. The van der Waals surface area contributed by atoms with Crippen molar-refractivity contribution in [3.8, 4) is 0 Å². The average molecular weight is 230 g/mol. The molecule has 1 aliphatic carbocycles.